The first-order chi connectivity index (χ1) is 20.1. The molecule has 228 valence electrons. The van der Waals surface area contributed by atoms with Gasteiger partial charge in [0.15, 0.2) is 0 Å². The van der Waals surface area contributed by atoms with E-state index in [1.165, 1.54) is 5.70 Å². The summed E-state index contributed by atoms with van der Waals surface area (Å²) in [5.74, 6) is 0. The lowest BCUT2D eigenvalue weighted by Crippen LogP contribution is -2.36. The van der Waals surface area contributed by atoms with Crippen LogP contribution in [0.4, 0.5) is 4.79 Å². The number of hydrogen-bond donors (Lipinski definition) is 2. The third kappa shape index (κ3) is 9.37. The summed E-state index contributed by atoms with van der Waals surface area (Å²) >= 11 is 0. The van der Waals surface area contributed by atoms with Gasteiger partial charge in [0, 0.05) is 43.8 Å². The van der Waals surface area contributed by atoms with Crippen LogP contribution in [0.15, 0.2) is 45.7 Å². The van der Waals surface area contributed by atoms with E-state index in [1.807, 2.05) is 9.91 Å². The molecule has 0 saturated carbocycles. The molecule has 2 atom stereocenters. The second kappa shape index (κ2) is 16.6. The van der Waals surface area contributed by atoms with Gasteiger partial charge in [-0.2, -0.15) is 5.01 Å². The van der Waals surface area contributed by atoms with Gasteiger partial charge in [-0.15, -0.1) is 0 Å². The zero-order valence-corrected chi connectivity index (χ0v) is 25.0. The Kier molecular flexibility index (Phi) is 12.6. The number of ether oxygens (including phenoxy) is 3. The van der Waals surface area contributed by atoms with Crippen molar-refractivity contribution in [1.29, 1.82) is 0 Å². The Labute approximate surface area is 244 Å². The van der Waals surface area contributed by atoms with Crippen LogP contribution in [0.25, 0.3) is 0 Å². The third-order valence-electron chi connectivity index (χ3n) is 7.52. The summed E-state index contributed by atoms with van der Waals surface area (Å²) < 4.78 is 17.3. The maximum Gasteiger partial charge on any atom is 0.339 e. The van der Waals surface area contributed by atoms with Gasteiger partial charge in [0.1, 0.15) is 19.5 Å². The number of allylic oxidation sites excluding steroid dienone is 5. The lowest BCUT2D eigenvalue weighted by atomic mass is 10.0. The fraction of sp³-hybridized carbons (Fsp3) is 0.690. The average Bonchev–Trinajstić information content (AvgIpc) is 3.65. The smallest absolute Gasteiger partial charge is 0.339 e. The molecule has 12 heteroatoms. The molecule has 0 aromatic carbocycles. The molecule has 2 heterocycles. The summed E-state index contributed by atoms with van der Waals surface area (Å²) in [6.45, 7) is 10.2. The van der Waals surface area contributed by atoms with Crippen molar-refractivity contribution in [3.8, 4) is 0 Å². The molecule has 0 aromatic rings. The number of urea groups is 1. The van der Waals surface area contributed by atoms with Gasteiger partial charge in [0.2, 0.25) is 0 Å². The number of hydrogen-bond acceptors (Lipinski definition) is 10. The monoisotopic (exact) mass is 572 g/mol. The van der Waals surface area contributed by atoms with Gasteiger partial charge >= 0.3 is 6.03 Å². The Morgan fingerprint density at radius 2 is 2.07 bits per heavy atom. The first-order valence-corrected chi connectivity index (χ1v) is 15.0. The molecule has 2 aliphatic carbocycles. The first-order valence-electron chi connectivity index (χ1n) is 15.0. The van der Waals surface area contributed by atoms with Gasteiger partial charge in [0.25, 0.3) is 0 Å². The minimum atomic E-state index is -0.116. The summed E-state index contributed by atoms with van der Waals surface area (Å²) in [4.78, 5) is 25.9. The lowest BCUT2D eigenvalue weighted by molar-refractivity contribution is -0.0741. The highest BCUT2D eigenvalue weighted by atomic mass is 16.6. The van der Waals surface area contributed by atoms with E-state index in [-0.39, 0.29) is 18.2 Å². The van der Waals surface area contributed by atoms with Crippen molar-refractivity contribution in [3.05, 3.63) is 35.7 Å². The standard InChI is InChI=1S/C29H48N8O4/c1-4-15-34(25-8-10-26(11-9-25)36-22-33-37(16-5-2)29(36)38)17-14-31-24-6-12-27(13-7-24)41-19-28(39-3)18-40-23-35-21-30-20-32-35/h6,8,10,12,20,27-28,33H,4-5,7,9,11,13-19,21-23H2,1-3H3,(H,30,32). The molecule has 0 spiro atoms. The number of methoxy groups -OCH3 is 1. The topological polar surface area (TPSA) is 106 Å². The third-order valence-corrected chi connectivity index (χ3v) is 7.52. The number of nitrogens with one attached hydrogen (secondary N) is 2. The molecule has 41 heavy (non-hydrogen) atoms. The van der Waals surface area contributed by atoms with Crippen molar-refractivity contribution >= 4 is 18.1 Å². The van der Waals surface area contributed by atoms with E-state index in [4.69, 9.17) is 19.2 Å². The number of rotatable bonds is 17. The van der Waals surface area contributed by atoms with Crippen LogP contribution in [0.3, 0.4) is 0 Å². The van der Waals surface area contributed by atoms with Gasteiger partial charge in [-0.3, -0.25) is 19.9 Å². The van der Waals surface area contributed by atoms with Crippen molar-refractivity contribution in [2.45, 2.75) is 64.6 Å². The Balaban J connectivity index is 1.18. The zero-order valence-electron chi connectivity index (χ0n) is 25.0. The van der Waals surface area contributed by atoms with Gasteiger partial charge in [-0.1, -0.05) is 19.9 Å². The van der Waals surface area contributed by atoms with Gasteiger partial charge in [0.05, 0.1) is 38.9 Å². The number of aliphatic imine (C=N–C) groups is 2. The van der Waals surface area contributed by atoms with Crippen LogP contribution in [0.5, 0.6) is 0 Å². The molecule has 2 N–H and O–H groups in total. The quantitative estimate of drug-likeness (QED) is 0.274. The van der Waals surface area contributed by atoms with E-state index in [0.717, 1.165) is 76.1 Å². The van der Waals surface area contributed by atoms with E-state index < -0.39 is 0 Å². The minimum absolute atomic E-state index is 0.0542. The zero-order chi connectivity index (χ0) is 28.9. The average molecular weight is 573 g/mol. The van der Waals surface area contributed by atoms with E-state index in [1.54, 1.807) is 18.5 Å². The lowest BCUT2D eigenvalue weighted by Gasteiger charge is -2.30. The predicted octanol–water partition coefficient (Wildman–Crippen LogP) is 2.84. The van der Waals surface area contributed by atoms with Crippen molar-refractivity contribution in [2.75, 3.05) is 66.6 Å². The van der Waals surface area contributed by atoms with Gasteiger partial charge in [-0.05, 0) is 56.8 Å². The molecule has 2 aliphatic heterocycles. The summed E-state index contributed by atoms with van der Waals surface area (Å²) in [5, 5.41) is 3.59. The van der Waals surface area contributed by atoms with Crippen LogP contribution >= 0.6 is 0 Å². The Morgan fingerprint density at radius 3 is 2.76 bits per heavy atom. The first kappa shape index (κ1) is 31.2. The molecule has 12 nitrogen and oxygen atoms in total. The molecule has 2 amide bonds. The fourth-order valence-electron chi connectivity index (χ4n) is 5.20. The van der Waals surface area contributed by atoms with Gasteiger partial charge in [-0.25, -0.2) is 10.2 Å². The molecule has 0 radical (unpaired) electrons. The second-order valence-corrected chi connectivity index (χ2v) is 10.6. The Hall–Kier alpha value is -2.77. The maximum absolute atomic E-state index is 12.7. The summed E-state index contributed by atoms with van der Waals surface area (Å²) in [7, 11) is 1.68. The van der Waals surface area contributed by atoms with Crippen LogP contribution in [0, 0.1) is 0 Å². The molecule has 4 aliphatic rings. The Bertz CT molecular complexity index is 989. The summed E-state index contributed by atoms with van der Waals surface area (Å²) in [6, 6.07) is 0.0542. The predicted molar refractivity (Wildman–Crippen MR) is 160 cm³/mol. The van der Waals surface area contributed by atoms with Crippen molar-refractivity contribution in [3.63, 3.8) is 0 Å². The minimum Gasteiger partial charge on any atom is -0.377 e. The van der Waals surface area contributed by atoms with Crippen LogP contribution < -0.4 is 10.9 Å². The normalized spacial score (nSPS) is 22.9. The van der Waals surface area contributed by atoms with Crippen molar-refractivity contribution in [2.24, 2.45) is 9.98 Å². The number of amides is 2. The fourth-order valence-corrected chi connectivity index (χ4v) is 5.20. The van der Waals surface area contributed by atoms with E-state index in [0.29, 0.717) is 33.3 Å². The molecule has 1 fully saturated rings. The summed E-state index contributed by atoms with van der Waals surface area (Å²) in [5.41, 5.74) is 9.74. The number of nitrogens with zero attached hydrogens (tertiary/aromatic N) is 6. The van der Waals surface area contributed by atoms with Crippen LogP contribution in [0.1, 0.15) is 52.4 Å². The Morgan fingerprint density at radius 1 is 1.17 bits per heavy atom. The van der Waals surface area contributed by atoms with E-state index in [2.05, 4.69) is 58.9 Å². The summed E-state index contributed by atoms with van der Waals surface area (Å²) in [6.07, 6.45) is 15.8. The van der Waals surface area contributed by atoms with Crippen molar-refractivity contribution in [1.82, 2.24) is 30.7 Å². The molecule has 4 rings (SSSR count). The van der Waals surface area contributed by atoms with E-state index >= 15 is 0 Å². The van der Waals surface area contributed by atoms with Crippen LogP contribution in [-0.4, -0.2) is 117 Å². The van der Waals surface area contributed by atoms with Crippen LogP contribution in [0.2, 0.25) is 0 Å². The second-order valence-electron chi connectivity index (χ2n) is 10.6. The highest BCUT2D eigenvalue weighted by Crippen LogP contribution is 2.26. The number of carbonyl (C=O) groups is 1. The number of hydrazine groups is 2. The molecule has 1 saturated heterocycles. The SMILES string of the molecule is CCCN(CCN=C1C=CC(OCC(COCN2CN=CN2)OC)CC1)C1=CC=C(N2CNN(CCC)C2=O)CC1. The molecule has 0 bridgehead atoms. The highest BCUT2D eigenvalue weighted by Gasteiger charge is 2.30. The molecule has 0 aromatic heterocycles. The maximum atomic E-state index is 12.7. The highest BCUT2D eigenvalue weighted by molar-refractivity contribution is 5.95. The largest absolute Gasteiger partial charge is 0.377 e. The molecular weight excluding hydrogens is 524 g/mol. The number of carbonyl (C=O) groups excluding carboxylic acids is 1. The molecule has 2 unspecified atom stereocenters. The van der Waals surface area contributed by atoms with Crippen molar-refractivity contribution < 1.29 is 19.0 Å². The van der Waals surface area contributed by atoms with E-state index in [9.17, 15) is 4.79 Å². The van der Waals surface area contributed by atoms with Gasteiger partial charge < -0.3 is 24.5 Å². The molecular formula is C29H48N8O4. The van der Waals surface area contributed by atoms with Crippen LogP contribution in [-0.2, 0) is 14.2 Å².